The van der Waals surface area contributed by atoms with E-state index in [-0.39, 0.29) is 21.6 Å². The molecule has 0 unspecified atom stereocenters. The summed E-state index contributed by atoms with van der Waals surface area (Å²) in [5.74, 6) is 1.38. The highest BCUT2D eigenvalue weighted by Crippen LogP contribution is 2.41. The van der Waals surface area contributed by atoms with E-state index in [1.807, 2.05) is 30.3 Å². The van der Waals surface area contributed by atoms with Crippen molar-refractivity contribution >= 4 is 50.6 Å². The van der Waals surface area contributed by atoms with E-state index in [0.29, 0.717) is 29.9 Å². The Balaban J connectivity index is 1.76. The van der Waals surface area contributed by atoms with E-state index < -0.39 is 15.8 Å². The number of benzene rings is 2. The summed E-state index contributed by atoms with van der Waals surface area (Å²) in [4.78, 5) is 8.89. The van der Waals surface area contributed by atoms with E-state index in [9.17, 15) is 13.5 Å². The molecule has 1 atom stereocenters. The predicted octanol–water partition coefficient (Wildman–Crippen LogP) is 4.19. The van der Waals surface area contributed by atoms with E-state index in [4.69, 9.17) is 11.6 Å². The largest absolute Gasteiger partial charge is 0.504 e. The number of nitrogens with one attached hydrogen (secondary N) is 4. The number of nitrogens with zero attached hydrogens (tertiary/aromatic N) is 3. The zero-order valence-electron chi connectivity index (χ0n) is 18.9. The monoisotopic (exact) mass is 503 g/mol. The first-order valence-corrected chi connectivity index (χ1v) is 12.5. The molecule has 2 heterocycles. The van der Waals surface area contributed by atoms with Gasteiger partial charge in [0.05, 0.1) is 23.4 Å². The lowest BCUT2D eigenvalue weighted by atomic mass is 10.0. The number of aromatic hydroxyl groups is 1. The van der Waals surface area contributed by atoms with Crippen molar-refractivity contribution < 1.29 is 13.5 Å². The minimum absolute atomic E-state index is 0.0491. The number of sulfonamides is 1. The summed E-state index contributed by atoms with van der Waals surface area (Å²) in [6, 6.07) is 12.8. The maximum atomic E-state index is 12.7. The van der Waals surface area contributed by atoms with E-state index in [2.05, 4.69) is 38.2 Å². The molecule has 180 valence electrons. The molecule has 0 fully saturated rings. The molecule has 1 aliphatic rings. The van der Waals surface area contributed by atoms with Crippen LogP contribution in [0.2, 0.25) is 5.02 Å². The molecule has 0 saturated carbocycles. The quantitative estimate of drug-likeness (QED) is 0.287. The maximum Gasteiger partial charge on any atom is 0.247 e. The van der Waals surface area contributed by atoms with Crippen molar-refractivity contribution in [1.82, 2.24) is 14.3 Å². The molecule has 10 nitrogen and oxygen atoms in total. The fourth-order valence-electron chi connectivity index (χ4n) is 3.56. The molecule has 1 aliphatic heterocycles. The SMILES string of the molecule is CC[C@@H](Nc1nc2c(nc1Nc1ccc(Cl)c(S(=O)(=O)N(C)C)c1O)NCN2)c1ccccc1. The molecule has 4 rings (SSSR count). The third kappa shape index (κ3) is 4.54. The second-order valence-electron chi connectivity index (χ2n) is 7.85. The van der Waals surface area contributed by atoms with Crippen molar-refractivity contribution in [3.63, 3.8) is 0 Å². The van der Waals surface area contributed by atoms with Gasteiger partial charge in [-0.1, -0.05) is 48.9 Å². The Labute approximate surface area is 203 Å². The van der Waals surface area contributed by atoms with Gasteiger partial charge in [-0.05, 0) is 24.1 Å². The molecule has 1 aromatic heterocycles. The van der Waals surface area contributed by atoms with Crippen molar-refractivity contribution in [1.29, 1.82) is 0 Å². The standard InChI is InChI=1S/C22H26ClN7O3S/c1-4-15(13-8-6-5-7-9-13)26-21-22(29-20-19(28-21)24-12-25-20)27-16-11-10-14(23)18(17(16)31)34(32,33)30(2)3/h5-11,15,31H,4,12H2,1-3H3,(H2,24,26,28)(H2,25,27,29)/t15-/m1/s1. The van der Waals surface area contributed by atoms with Crippen molar-refractivity contribution in [3.05, 3.63) is 53.1 Å². The minimum Gasteiger partial charge on any atom is -0.504 e. The number of hydrogen-bond acceptors (Lipinski definition) is 9. The summed E-state index contributed by atoms with van der Waals surface area (Å²) in [6.45, 7) is 2.54. The lowest BCUT2D eigenvalue weighted by Gasteiger charge is -2.21. The molecule has 0 radical (unpaired) electrons. The first-order valence-electron chi connectivity index (χ1n) is 10.6. The van der Waals surface area contributed by atoms with Crippen LogP contribution >= 0.6 is 11.6 Å². The van der Waals surface area contributed by atoms with Gasteiger partial charge in [-0.3, -0.25) is 0 Å². The smallest absolute Gasteiger partial charge is 0.247 e. The summed E-state index contributed by atoms with van der Waals surface area (Å²) in [5, 5.41) is 23.4. The van der Waals surface area contributed by atoms with Gasteiger partial charge in [0.15, 0.2) is 29.0 Å². The molecule has 5 N–H and O–H groups in total. The van der Waals surface area contributed by atoms with Gasteiger partial charge in [0.2, 0.25) is 10.0 Å². The van der Waals surface area contributed by atoms with Gasteiger partial charge in [-0.2, -0.15) is 0 Å². The average molecular weight is 504 g/mol. The molecule has 0 aliphatic carbocycles. The van der Waals surface area contributed by atoms with Crippen molar-refractivity contribution in [2.75, 3.05) is 42.0 Å². The van der Waals surface area contributed by atoms with Crippen molar-refractivity contribution in [3.8, 4) is 5.75 Å². The highest BCUT2D eigenvalue weighted by atomic mass is 35.5. The van der Waals surface area contributed by atoms with Crippen molar-refractivity contribution in [2.24, 2.45) is 0 Å². The van der Waals surface area contributed by atoms with E-state index in [1.165, 1.54) is 26.2 Å². The minimum atomic E-state index is -3.99. The third-order valence-corrected chi connectivity index (χ3v) is 7.72. The predicted molar refractivity (Wildman–Crippen MR) is 135 cm³/mol. The molecule has 34 heavy (non-hydrogen) atoms. The molecule has 12 heteroatoms. The molecule has 2 aromatic carbocycles. The number of rotatable bonds is 8. The number of hydrogen-bond donors (Lipinski definition) is 5. The molecule has 0 saturated heterocycles. The van der Waals surface area contributed by atoms with Crippen LogP contribution in [0, 0.1) is 0 Å². The molecule has 0 spiro atoms. The van der Waals surface area contributed by atoms with E-state index in [1.54, 1.807) is 0 Å². The molecule has 3 aromatic rings. The van der Waals surface area contributed by atoms with Gasteiger partial charge in [0, 0.05) is 14.1 Å². The highest BCUT2D eigenvalue weighted by Gasteiger charge is 2.28. The molecule has 0 bridgehead atoms. The van der Waals surface area contributed by atoms with Gasteiger partial charge < -0.3 is 26.4 Å². The van der Waals surface area contributed by atoms with Gasteiger partial charge in [-0.25, -0.2) is 22.7 Å². The molecule has 0 amide bonds. The van der Waals surface area contributed by atoms with Gasteiger partial charge >= 0.3 is 0 Å². The summed E-state index contributed by atoms with van der Waals surface area (Å²) in [5.41, 5.74) is 1.21. The van der Waals surface area contributed by atoms with Gasteiger partial charge in [-0.15, -0.1) is 0 Å². The lowest BCUT2D eigenvalue weighted by molar-refractivity contribution is 0.455. The fourth-order valence-corrected chi connectivity index (χ4v) is 5.03. The first-order chi connectivity index (χ1) is 16.2. The Morgan fingerprint density at radius 2 is 1.74 bits per heavy atom. The van der Waals surface area contributed by atoms with Crippen LogP contribution in [0.3, 0.4) is 0 Å². The average Bonchev–Trinajstić information content (AvgIpc) is 3.26. The Morgan fingerprint density at radius 1 is 1.09 bits per heavy atom. The van der Waals surface area contributed by atoms with Crippen molar-refractivity contribution in [2.45, 2.75) is 24.3 Å². The summed E-state index contributed by atoms with van der Waals surface area (Å²) >= 11 is 6.14. The lowest BCUT2D eigenvalue weighted by Crippen LogP contribution is -2.22. The number of halogens is 1. The van der Waals surface area contributed by atoms with Gasteiger partial charge in [0.1, 0.15) is 4.90 Å². The second kappa shape index (κ2) is 9.53. The van der Waals surface area contributed by atoms with Crippen LogP contribution in [0.15, 0.2) is 47.4 Å². The van der Waals surface area contributed by atoms with Crippen LogP contribution in [-0.4, -0.2) is 48.6 Å². The Hall–Kier alpha value is -3.28. The number of phenolic OH excluding ortho intramolecular Hbond substituents is 1. The van der Waals surface area contributed by atoms with Crippen LogP contribution in [0.1, 0.15) is 24.9 Å². The zero-order valence-corrected chi connectivity index (χ0v) is 20.5. The molecular weight excluding hydrogens is 478 g/mol. The highest BCUT2D eigenvalue weighted by molar-refractivity contribution is 7.89. The fraction of sp³-hybridized carbons (Fsp3) is 0.273. The number of fused-ring (bicyclic) bond motifs is 1. The van der Waals surface area contributed by atoms with E-state index >= 15 is 0 Å². The Morgan fingerprint density at radius 3 is 2.35 bits per heavy atom. The number of phenols is 1. The number of anilines is 5. The maximum absolute atomic E-state index is 12.7. The number of aromatic nitrogens is 2. The van der Waals surface area contributed by atoms with Crippen LogP contribution in [-0.2, 0) is 10.0 Å². The van der Waals surface area contributed by atoms with Crippen LogP contribution in [0.25, 0.3) is 0 Å². The Bertz CT molecular complexity index is 1300. The third-order valence-electron chi connectivity index (χ3n) is 5.40. The van der Waals surface area contributed by atoms with E-state index in [0.717, 1.165) is 16.3 Å². The second-order valence-corrected chi connectivity index (χ2v) is 10.3. The molecular formula is C22H26ClN7O3S. The summed E-state index contributed by atoms with van der Waals surface area (Å²) in [7, 11) is -1.26. The topological polar surface area (TPSA) is 132 Å². The normalized spacial score (nSPS) is 13.7. The zero-order chi connectivity index (χ0) is 24.5. The summed E-state index contributed by atoms with van der Waals surface area (Å²) < 4.78 is 26.5. The van der Waals surface area contributed by atoms with Crippen LogP contribution in [0.5, 0.6) is 5.75 Å². The first kappa shape index (κ1) is 23.9. The van der Waals surface area contributed by atoms with Gasteiger partial charge in [0.25, 0.3) is 0 Å². The van der Waals surface area contributed by atoms with Crippen LogP contribution < -0.4 is 21.3 Å². The summed E-state index contributed by atoms with van der Waals surface area (Å²) in [6.07, 6.45) is 0.783. The van der Waals surface area contributed by atoms with Crippen LogP contribution in [0.4, 0.5) is 29.0 Å². The Kier molecular flexibility index (Phi) is 6.69.